The Hall–Kier alpha value is 1.05. The van der Waals surface area contributed by atoms with Crippen LogP contribution in [0.2, 0.25) is 0 Å². The summed E-state index contributed by atoms with van der Waals surface area (Å²) in [7, 11) is 4.00. The fourth-order valence-electron chi connectivity index (χ4n) is 0.372. The first kappa shape index (κ1) is 7.16. The van der Waals surface area contributed by atoms with Gasteiger partial charge in [-0.1, -0.05) is 28.5 Å². The van der Waals surface area contributed by atoms with Crippen molar-refractivity contribution in [3.05, 3.63) is 0 Å². The Bertz CT molecular complexity index is 60.7. The number of hydrogen-bond donors (Lipinski definition) is 0. The van der Waals surface area contributed by atoms with E-state index in [9.17, 15) is 0 Å². The Balaban J connectivity index is 1.74. The van der Waals surface area contributed by atoms with Crippen LogP contribution in [0, 0.1) is 0 Å². The second-order valence-corrected chi connectivity index (χ2v) is 5.78. The van der Waals surface area contributed by atoms with Crippen LogP contribution >= 0.6 is 33.3 Å². The van der Waals surface area contributed by atoms with E-state index in [0.717, 1.165) is 5.25 Å². The average molecular weight is 166 g/mol. The maximum Gasteiger partial charge on any atom is 0.0237 e. The van der Waals surface area contributed by atoms with E-state index in [-0.39, 0.29) is 0 Å². The average Bonchev–Trinajstić information content (AvgIpc) is 2.51. The highest BCUT2D eigenvalue weighted by Crippen LogP contribution is 2.36. The van der Waals surface area contributed by atoms with Gasteiger partial charge in [0.2, 0.25) is 0 Å². The molecule has 0 aromatic rings. The lowest BCUT2D eigenvalue weighted by molar-refractivity contribution is 1.28. The quantitative estimate of drug-likeness (QED) is 0.358. The summed E-state index contributed by atoms with van der Waals surface area (Å²) in [4.78, 5) is 0. The molecule has 8 heavy (non-hydrogen) atoms. The first-order chi connectivity index (χ1) is 3.93. The van der Waals surface area contributed by atoms with Crippen LogP contribution < -0.4 is 0 Å². The molecule has 0 bridgehead atoms. The van der Waals surface area contributed by atoms with Crippen molar-refractivity contribution in [1.29, 1.82) is 0 Å². The number of thioether (sulfide) groups is 1. The minimum Gasteiger partial charge on any atom is -0.156 e. The fourth-order valence-corrected chi connectivity index (χ4v) is 3.44. The molecule has 0 radical (unpaired) electrons. The van der Waals surface area contributed by atoms with Crippen LogP contribution in [0.4, 0.5) is 0 Å². The van der Waals surface area contributed by atoms with Crippen molar-refractivity contribution in [3.8, 4) is 0 Å². The van der Waals surface area contributed by atoms with Crippen molar-refractivity contribution in [3.63, 3.8) is 0 Å². The molecule has 1 heterocycles. The molecule has 0 saturated carbocycles. The van der Waals surface area contributed by atoms with Gasteiger partial charge < -0.3 is 0 Å². The van der Waals surface area contributed by atoms with Crippen molar-refractivity contribution in [1.82, 2.24) is 0 Å². The predicted octanol–water partition coefficient (Wildman–Crippen LogP) is 2.50. The lowest BCUT2D eigenvalue weighted by Crippen LogP contribution is -1.83. The number of rotatable bonds is 4. The first-order valence-electron chi connectivity index (χ1n) is 2.79. The van der Waals surface area contributed by atoms with E-state index in [1.165, 1.54) is 17.3 Å². The Labute approximate surface area is 63.0 Å². The molecule has 0 amide bonds. The normalized spacial score (nSPS) is 25.9. The Morgan fingerprint density at radius 2 is 2.38 bits per heavy atom. The monoisotopic (exact) mass is 166 g/mol. The van der Waals surface area contributed by atoms with E-state index >= 15 is 0 Å². The first-order valence-corrected chi connectivity index (χ1v) is 6.33. The van der Waals surface area contributed by atoms with Crippen LogP contribution in [-0.2, 0) is 0 Å². The third-order valence-electron chi connectivity index (χ3n) is 0.857. The van der Waals surface area contributed by atoms with Crippen LogP contribution in [0.3, 0.4) is 0 Å². The smallest absolute Gasteiger partial charge is 0.0237 e. The summed E-state index contributed by atoms with van der Waals surface area (Å²) >= 11 is 2.08. The molecule has 0 aromatic carbocycles. The zero-order valence-electron chi connectivity index (χ0n) is 4.92. The van der Waals surface area contributed by atoms with Gasteiger partial charge in [-0.25, -0.2) is 0 Å². The third kappa shape index (κ3) is 3.15. The standard InChI is InChI=1S/C5H10S3/c1-2-7-8-4-5-3-6-5/h5H,2-4H2,1H3. The van der Waals surface area contributed by atoms with E-state index in [1.807, 2.05) is 21.6 Å². The Morgan fingerprint density at radius 3 is 2.88 bits per heavy atom. The highest BCUT2D eigenvalue weighted by molar-refractivity contribution is 8.76. The van der Waals surface area contributed by atoms with Crippen LogP contribution in [0.1, 0.15) is 6.92 Å². The largest absolute Gasteiger partial charge is 0.156 e. The molecule has 1 aliphatic heterocycles. The second kappa shape index (κ2) is 3.96. The van der Waals surface area contributed by atoms with Gasteiger partial charge in [-0.15, -0.1) is 0 Å². The molecule has 0 N–H and O–H groups in total. The molecular weight excluding hydrogens is 156 g/mol. The minimum absolute atomic E-state index is 1.01. The summed E-state index contributed by atoms with van der Waals surface area (Å²) in [5, 5.41) is 1.01. The SMILES string of the molecule is CCSSCC1CS1. The summed E-state index contributed by atoms with van der Waals surface area (Å²) in [6.45, 7) is 2.21. The van der Waals surface area contributed by atoms with Crippen molar-refractivity contribution >= 4 is 33.3 Å². The Morgan fingerprint density at radius 1 is 1.62 bits per heavy atom. The van der Waals surface area contributed by atoms with Gasteiger partial charge >= 0.3 is 0 Å². The van der Waals surface area contributed by atoms with Crippen LogP contribution in [0.5, 0.6) is 0 Å². The van der Waals surface area contributed by atoms with Gasteiger partial charge in [0, 0.05) is 22.5 Å². The summed E-state index contributed by atoms with van der Waals surface area (Å²) in [6.07, 6.45) is 0. The van der Waals surface area contributed by atoms with Gasteiger partial charge in [-0.3, -0.25) is 0 Å². The minimum atomic E-state index is 1.01. The molecule has 1 unspecified atom stereocenters. The van der Waals surface area contributed by atoms with Gasteiger partial charge in [0.1, 0.15) is 0 Å². The highest BCUT2D eigenvalue weighted by atomic mass is 33.1. The second-order valence-electron chi connectivity index (χ2n) is 1.65. The fraction of sp³-hybridized carbons (Fsp3) is 1.00. The number of hydrogen-bond acceptors (Lipinski definition) is 3. The molecule has 0 nitrogen and oxygen atoms in total. The lowest BCUT2D eigenvalue weighted by atomic mass is 10.6. The molecule has 48 valence electrons. The summed E-state index contributed by atoms with van der Waals surface area (Å²) in [5.41, 5.74) is 0. The topological polar surface area (TPSA) is 0 Å². The molecule has 3 heteroatoms. The van der Waals surface area contributed by atoms with Gasteiger partial charge in [-0.2, -0.15) is 11.8 Å². The van der Waals surface area contributed by atoms with Crippen LogP contribution in [0.15, 0.2) is 0 Å². The van der Waals surface area contributed by atoms with E-state index in [1.54, 1.807) is 0 Å². The molecule has 1 aliphatic rings. The van der Waals surface area contributed by atoms with E-state index in [2.05, 4.69) is 18.7 Å². The molecule has 1 fully saturated rings. The van der Waals surface area contributed by atoms with Crippen LogP contribution in [-0.4, -0.2) is 22.5 Å². The van der Waals surface area contributed by atoms with Crippen molar-refractivity contribution in [2.75, 3.05) is 17.3 Å². The van der Waals surface area contributed by atoms with Crippen molar-refractivity contribution in [2.24, 2.45) is 0 Å². The van der Waals surface area contributed by atoms with Gasteiger partial charge in [0.15, 0.2) is 0 Å². The summed E-state index contributed by atoms with van der Waals surface area (Å²) in [6, 6.07) is 0. The Kier molecular flexibility index (Phi) is 3.55. The molecule has 1 saturated heterocycles. The predicted molar refractivity (Wildman–Crippen MR) is 46.8 cm³/mol. The molecule has 1 atom stereocenters. The van der Waals surface area contributed by atoms with E-state index < -0.39 is 0 Å². The van der Waals surface area contributed by atoms with E-state index in [4.69, 9.17) is 0 Å². The maximum absolute atomic E-state index is 2.21. The molecular formula is C5H10S3. The lowest BCUT2D eigenvalue weighted by Gasteiger charge is -1.91. The maximum atomic E-state index is 2.21. The summed E-state index contributed by atoms with van der Waals surface area (Å²) in [5.74, 6) is 4.03. The third-order valence-corrected chi connectivity index (χ3v) is 4.60. The van der Waals surface area contributed by atoms with Gasteiger partial charge in [-0.05, 0) is 0 Å². The zero-order valence-corrected chi connectivity index (χ0v) is 7.37. The van der Waals surface area contributed by atoms with Gasteiger partial charge in [0.25, 0.3) is 0 Å². The molecule has 0 aromatic heterocycles. The molecule has 1 rings (SSSR count). The zero-order chi connectivity index (χ0) is 5.82. The van der Waals surface area contributed by atoms with Gasteiger partial charge in [0.05, 0.1) is 0 Å². The van der Waals surface area contributed by atoms with Crippen molar-refractivity contribution in [2.45, 2.75) is 12.2 Å². The molecule has 0 aliphatic carbocycles. The van der Waals surface area contributed by atoms with E-state index in [0.29, 0.717) is 0 Å². The van der Waals surface area contributed by atoms with Crippen LogP contribution in [0.25, 0.3) is 0 Å². The van der Waals surface area contributed by atoms with Crippen molar-refractivity contribution < 1.29 is 0 Å². The molecule has 0 spiro atoms. The highest BCUT2D eigenvalue weighted by Gasteiger charge is 2.21. The summed E-state index contributed by atoms with van der Waals surface area (Å²) < 4.78 is 0.